The van der Waals surface area contributed by atoms with Crippen LogP contribution in [0.1, 0.15) is 34.6 Å². The van der Waals surface area contributed by atoms with E-state index >= 15 is 0 Å². The van der Waals surface area contributed by atoms with Crippen molar-refractivity contribution in [2.24, 2.45) is 0 Å². The van der Waals surface area contributed by atoms with E-state index in [1.165, 1.54) is 0 Å². The van der Waals surface area contributed by atoms with Crippen LogP contribution in [0.15, 0.2) is 46.9 Å². The quantitative estimate of drug-likeness (QED) is 0.618. The first-order valence-electron chi connectivity index (χ1n) is 8.54. The number of halogens is 1. The van der Waals surface area contributed by atoms with E-state index < -0.39 is 0 Å². The van der Waals surface area contributed by atoms with Crippen molar-refractivity contribution in [2.75, 3.05) is 25.6 Å². The minimum Gasteiger partial charge on any atom is -0.490 e. The van der Waals surface area contributed by atoms with E-state index in [1.807, 2.05) is 13.8 Å². The van der Waals surface area contributed by atoms with Crippen molar-refractivity contribution in [3.05, 3.63) is 58.1 Å². The second-order valence-corrected chi connectivity index (χ2v) is 7.00. The molecule has 2 rings (SSSR count). The second kappa shape index (κ2) is 10.1. The lowest BCUT2D eigenvalue weighted by atomic mass is 10.1. The summed E-state index contributed by atoms with van der Waals surface area (Å²) in [6, 6.07) is 11.9. The summed E-state index contributed by atoms with van der Waals surface area (Å²) in [5.41, 5.74) is 1.64. The van der Waals surface area contributed by atoms with Crippen molar-refractivity contribution < 1.29 is 19.1 Å². The number of nitrogens with one attached hydrogen (secondary N) is 2. The van der Waals surface area contributed by atoms with Gasteiger partial charge in [0.1, 0.15) is 12.4 Å². The molecule has 0 unspecified atom stereocenters. The summed E-state index contributed by atoms with van der Waals surface area (Å²) in [5.74, 6) is 0.249. The fraction of sp³-hybridized carbons (Fsp3) is 0.300. The fourth-order valence-electron chi connectivity index (χ4n) is 2.25. The van der Waals surface area contributed by atoms with Crippen molar-refractivity contribution in [1.29, 1.82) is 0 Å². The van der Waals surface area contributed by atoms with Crippen LogP contribution in [0.2, 0.25) is 0 Å². The van der Waals surface area contributed by atoms with Gasteiger partial charge < -0.3 is 20.1 Å². The Kier molecular flexibility index (Phi) is 7.82. The highest BCUT2D eigenvalue weighted by Gasteiger charge is 2.11. The molecule has 0 heterocycles. The molecule has 6 nitrogen and oxygen atoms in total. The lowest BCUT2D eigenvalue weighted by Gasteiger charge is -2.11. The van der Waals surface area contributed by atoms with Crippen molar-refractivity contribution in [3.63, 3.8) is 0 Å². The third-order valence-corrected chi connectivity index (χ3v) is 4.18. The number of carbonyl (C=O) groups excluding carboxylic acids is 2. The van der Waals surface area contributed by atoms with E-state index in [2.05, 4.69) is 26.6 Å². The zero-order chi connectivity index (χ0) is 19.8. The normalized spacial score (nSPS) is 10.6. The highest BCUT2D eigenvalue weighted by Crippen LogP contribution is 2.26. The summed E-state index contributed by atoms with van der Waals surface area (Å²) < 4.78 is 11.2. The lowest BCUT2D eigenvalue weighted by molar-refractivity contribution is 0.0942. The predicted octanol–water partition coefficient (Wildman–Crippen LogP) is 3.86. The highest BCUT2D eigenvalue weighted by atomic mass is 79.9. The Morgan fingerprint density at radius 2 is 1.67 bits per heavy atom. The zero-order valence-corrected chi connectivity index (χ0v) is 17.1. The molecule has 0 spiro atoms. The number of benzene rings is 2. The van der Waals surface area contributed by atoms with Gasteiger partial charge in [0.05, 0.1) is 11.1 Å². The fourth-order valence-corrected chi connectivity index (χ4v) is 2.74. The van der Waals surface area contributed by atoms with Crippen LogP contribution in [0.5, 0.6) is 5.75 Å². The zero-order valence-electron chi connectivity index (χ0n) is 15.5. The smallest absolute Gasteiger partial charge is 0.255 e. The molecule has 0 aromatic heterocycles. The van der Waals surface area contributed by atoms with Crippen LogP contribution < -0.4 is 15.4 Å². The third-order valence-electron chi connectivity index (χ3n) is 3.56. The number of anilines is 1. The van der Waals surface area contributed by atoms with Crippen molar-refractivity contribution >= 4 is 33.4 Å². The topological polar surface area (TPSA) is 76.7 Å². The van der Waals surface area contributed by atoms with Gasteiger partial charge in [0.25, 0.3) is 11.8 Å². The molecule has 0 saturated carbocycles. The van der Waals surface area contributed by atoms with Gasteiger partial charge in [-0.1, -0.05) is 0 Å². The summed E-state index contributed by atoms with van der Waals surface area (Å²) in [4.78, 5) is 24.4. The number of carbonyl (C=O) groups is 2. The van der Waals surface area contributed by atoms with Crippen LogP contribution in [0.4, 0.5) is 5.69 Å². The maximum absolute atomic E-state index is 12.4. The van der Waals surface area contributed by atoms with Gasteiger partial charge in [-0.3, -0.25) is 9.59 Å². The minimum atomic E-state index is -0.251. The van der Waals surface area contributed by atoms with Gasteiger partial charge in [0, 0.05) is 30.0 Å². The Morgan fingerprint density at radius 1 is 1.00 bits per heavy atom. The highest BCUT2D eigenvalue weighted by molar-refractivity contribution is 9.10. The van der Waals surface area contributed by atoms with Crippen LogP contribution in [-0.4, -0.2) is 38.2 Å². The predicted molar refractivity (Wildman–Crippen MR) is 109 cm³/mol. The van der Waals surface area contributed by atoms with Crippen molar-refractivity contribution in [2.45, 2.75) is 19.9 Å². The number of methoxy groups -OCH3 is 1. The Labute approximate surface area is 167 Å². The molecule has 0 fully saturated rings. The Bertz CT molecular complexity index is 791. The van der Waals surface area contributed by atoms with Gasteiger partial charge in [0.15, 0.2) is 0 Å². The summed E-state index contributed by atoms with van der Waals surface area (Å²) in [5, 5.41) is 5.64. The Morgan fingerprint density at radius 3 is 2.26 bits per heavy atom. The molecule has 0 radical (unpaired) electrons. The molecule has 0 aliphatic heterocycles. The van der Waals surface area contributed by atoms with Crippen molar-refractivity contribution in [3.8, 4) is 5.75 Å². The molecular formula is C20H23BrN2O4. The van der Waals surface area contributed by atoms with Crippen LogP contribution in [0.3, 0.4) is 0 Å². The molecule has 0 atom stereocenters. The van der Waals surface area contributed by atoms with E-state index in [0.29, 0.717) is 40.3 Å². The van der Waals surface area contributed by atoms with Crippen LogP contribution in [-0.2, 0) is 4.74 Å². The van der Waals surface area contributed by atoms with Gasteiger partial charge >= 0.3 is 0 Å². The Balaban J connectivity index is 2.00. The average Bonchev–Trinajstić information content (AvgIpc) is 2.63. The first kappa shape index (κ1) is 20.9. The Hall–Kier alpha value is -2.38. The SMILES string of the molecule is COCCOc1ccc(C(=O)Nc2ccc(C(=O)NC(C)C)cc2)cc1Br. The maximum atomic E-state index is 12.4. The van der Waals surface area contributed by atoms with Crippen LogP contribution in [0, 0.1) is 0 Å². The third kappa shape index (κ3) is 6.37. The first-order valence-corrected chi connectivity index (χ1v) is 9.33. The summed E-state index contributed by atoms with van der Waals surface area (Å²) in [6.07, 6.45) is 0. The van der Waals surface area contributed by atoms with Crippen LogP contribution in [0.25, 0.3) is 0 Å². The van der Waals surface area contributed by atoms with Crippen LogP contribution >= 0.6 is 15.9 Å². The number of hydrogen-bond acceptors (Lipinski definition) is 4. The molecular weight excluding hydrogens is 412 g/mol. The summed E-state index contributed by atoms with van der Waals surface area (Å²) >= 11 is 3.41. The van der Waals surface area contributed by atoms with Gasteiger partial charge in [-0.2, -0.15) is 0 Å². The number of rotatable bonds is 8. The molecule has 0 aliphatic rings. The molecule has 0 aliphatic carbocycles. The van der Waals surface area contributed by atoms with Gasteiger partial charge in [0.2, 0.25) is 0 Å². The summed E-state index contributed by atoms with van der Waals surface area (Å²) in [7, 11) is 1.61. The first-order chi connectivity index (χ1) is 12.9. The average molecular weight is 435 g/mol. The van der Waals surface area contributed by atoms with Gasteiger partial charge in [-0.15, -0.1) is 0 Å². The van der Waals surface area contributed by atoms with E-state index in [9.17, 15) is 9.59 Å². The molecule has 2 aromatic carbocycles. The minimum absolute atomic E-state index is 0.0665. The molecule has 2 N–H and O–H groups in total. The van der Waals surface area contributed by atoms with E-state index in [4.69, 9.17) is 9.47 Å². The summed E-state index contributed by atoms with van der Waals surface area (Å²) in [6.45, 7) is 4.72. The largest absolute Gasteiger partial charge is 0.490 e. The van der Waals surface area contributed by atoms with E-state index in [0.717, 1.165) is 0 Å². The van der Waals surface area contributed by atoms with E-state index in [-0.39, 0.29) is 17.9 Å². The molecule has 27 heavy (non-hydrogen) atoms. The number of amides is 2. The number of ether oxygens (including phenoxy) is 2. The standard InChI is InChI=1S/C20H23BrN2O4/c1-13(2)22-19(24)14-4-7-16(8-5-14)23-20(25)15-6-9-18(17(21)12-15)27-11-10-26-3/h4-9,12-13H,10-11H2,1-3H3,(H,22,24)(H,23,25). The molecule has 0 bridgehead atoms. The van der Waals surface area contributed by atoms with Crippen molar-refractivity contribution in [1.82, 2.24) is 5.32 Å². The second-order valence-electron chi connectivity index (χ2n) is 6.15. The lowest BCUT2D eigenvalue weighted by Crippen LogP contribution is -2.30. The van der Waals surface area contributed by atoms with Gasteiger partial charge in [-0.05, 0) is 72.2 Å². The molecule has 2 amide bonds. The number of hydrogen-bond donors (Lipinski definition) is 2. The molecule has 2 aromatic rings. The van der Waals surface area contributed by atoms with E-state index in [1.54, 1.807) is 49.6 Å². The monoisotopic (exact) mass is 434 g/mol. The molecule has 0 saturated heterocycles. The molecule has 7 heteroatoms. The maximum Gasteiger partial charge on any atom is 0.255 e. The van der Waals surface area contributed by atoms with Gasteiger partial charge in [-0.25, -0.2) is 0 Å². The molecule has 144 valence electrons.